The van der Waals surface area contributed by atoms with E-state index in [1.165, 1.54) is 6.07 Å². The van der Waals surface area contributed by atoms with E-state index in [9.17, 15) is 20.0 Å². The maximum atomic E-state index is 14.8. The fourth-order valence-electron chi connectivity index (χ4n) is 6.53. The second-order valence-corrected chi connectivity index (χ2v) is 14.0. The molecule has 5 nitrogen and oxygen atoms in total. The molecule has 0 unspecified atom stereocenters. The summed E-state index contributed by atoms with van der Waals surface area (Å²) in [5.74, 6) is -4.84. The summed E-state index contributed by atoms with van der Waals surface area (Å²) in [6, 6.07) is 27.5. The molecule has 0 amide bonds. The molecule has 230 valence electrons. The third-order valence-electron chi connectivity index (χ3n) is 8.52. The SMILES string of the molecule is CCOC(=O)[C@]1(C#N)[C@H](c2ccc(Cl)cc2Cl)C[C@](O)(c2ccc(Br)cc2)[C@@H](C(=O)c2ccc(Br)cc2)[C@@H]1c1ccc(Cl)cc1. The molecule has 0 radical (unpaired) electrons. The molecule has 4 aromatic carbocycles. The van der Waals surface area contributed by atoms with Gasteiger partial charge in [-0.3, -0.25) is 9.59 Å². The number of hydrogen-bond donors (Lipinski definition) is 1. The molecule has 10 heteroatoms. The highest BCUT2D eigenvalue weighted by atomic mass is 79.9. The summed E-state index contributed by atoms with van der Waals surface area (Å²) < 4.78 is 7.17. The Hall–Kier alpha value is -2.70. The zero-order valence-corrected chi connectivity index (χ0v) is 29.3. The van der Waals surface area contributed by atoms with E-state index in [-0.39, 0.29) is 18.1 Å². The van der Waals surface area contributed by atoms with Gasteiger partial charge in [-0.15, -0.1) is 0 Å². The zero-order chi connectivity index (χ0) is 32.5. The van der Waals surface area contributed by atoms with Crippen LogP contribution in [0.15, 0.2) is 99.9 Å². The average molecular weight is 791 g/mol. The Labute approximate surface area is 293 Å². The highest BCUT2D eigenvalue weighted by Crippen LogP contribution is 2.64. The van der Waals surface area contributed by atoms with Gasteiger partial charge in [-0.2, -0.15) is 5.26 Å². The summed E-state index contributed by atoms with van der Waals surface area (Å²) in [5.41, 5.74) is -2.30. The number of rotatable bonds is 7. The van der Waals surface area contributed by atoms with Gasteiger partial charge >= 0.3 is 5.97 Å². The molecule has 1 N–H and O–H groups in total. The van der Waals surface area contributed by atoms with E-state index in [1.54, 1.807) is 91.9 Å². The van der Waals surface area contributed by atoms with Crippen molar-refractivity contribution in [2.45, 2.75) is 30.8 Å². The number of Topliss-reactive ketones (excluding diaryl/α,β-unsaturated/α-hetero) is 1. The molecule has 45 heavy (non-hydrogen) atoms. The van der Waals surface area contributed by atoms with E-state index in [4.69, 9.17) is 39.5 Å². The van der Waals surface area contributed by atoms with E-state index in [2.05, 4.69) is 37.9 Å². The number of ether oxygens (including phenoxy) is 1. The van der Waals surface area contributed by atoms with Gasteiger partial charge in [0.2, 0.25) is 0 Å². The van der Waals surface area contributed by atoms with Gasteiger partial charge in [0.1, 0.15) is 5.60 Å². The number of halogens is 5. The second kappa shape index (κ2) is 13.6. The Bertz CT molecular complexity index is 1780. The van der Waals surface area contributed by atoms with Crippen LogP contribution in [-0.2, 0) is 15.1 Å². The van der Waals surface area contributed by atoms with Crippen LogP contribution in [-0.4, -0.2) is 23.5 Å². The molecule has 5 rings (SSSR count). The largest absolute Gasteiger partial charge is 0.465 e. The normalized spacial score (nSPS) is 24.4. The van der Waals surface area contributed by atoms with Crippen LogP contribution >= 0.6 is 66.7 Å². The topological polar surface area (TPSA) is 87.4 Å². The number of hydrogen-bond acceptors (Lipinski definition) is 5. The maximum absolute atomic E-state index is 14.8. The highest BCUT2D eigenvalue weighted by Gasteiger charge is 2.68. The molecule has 0 heterocycles. The minimum Gasteiger partial charge on any atom is -0.465 e. The first-order valence-corrected chi connectivity index (χ1v) is 16.7. The summed E-state index contributed by atoms with van der Waals surface area (Å²) in [6.07, 6.45) is -0.209. The van der Waals surface area contributed by atoms with Crippen molar-refractivity contribution in [2.75, 3.05) is 6.61 Å². The molecule has 4 aromatic rings. The zero-order valence-electron chi connectivity index (χ0n) is 23.8. The summed E-state index contributed by atoms with van der Waals surface area (Å²) in [7, 11) is 0. The number of carbonyl (C=O) groups excluding carboxylic acids is 2. The van der Waals surface area contributed by atoms with Crippen molar-refractivity contribution in [1.29, 1.82) is 5.26 Å². The quantitative estimate of drug-likeness (QED) is 0.149. The number of nitriles is 1. The van der Waals surface area contributed by atoms with Crippen LogP contribution in [0.3, 0.4) is 0 Å². The second-order valence-electron chi connectivity index (χ2n) is 10.9. The molecule has 1 aliphatic carbocycles. The fraction of sp³-hybridized carbons (Fsp3) is 0.229. The molecule has 0 spiro atoms. The lowest BCUT2D eigenvalue weighted by Gasteiger charge is -2.54. The van der Waals surface area contributed by atoms with E-state index in [0.717, 1.165) is 8.95 Å². The smallest absolute Gasteiger partial charge is 0.327 e. The molecule has 1 fully saturated rings. The number of aliphatic hydroxyl groups is 1. The Morgan fingerprint density at radius 2 is 1.49 bits per heavy atom. The van der Waals surface area contributed by atoms with Crippen LogP contribution in [0.4, 0.5) is 0 Å². The standard InChI is InChI=1S/C35H26Br2Cl3NO4/c1-2-45-33(43)34(19-41)28(27-16-15-26(39)17-29(27)40)18-35(44,22-7-11-24(37)12-8-22)31(30(34)20-5-13-25(38)14-6-20)32(42)21-3-9-23(36)10-4-21/h3-17,28,30-31,44H,2,18H2,1H3/t28-,30-,31+,34+,35-/m0/s1. The van der Waals surface area contributed by atoms with Crippen LogP contribution in [0, 0.1) is 22.7 Å². The van der Waals surface area contributed by atoms with Crippen LogP contribution in [0.25, 0.3) is 0 Å². The first-order chi connectivity index (χ1) is 21.5. The van der Waals surface area contributed by atoms with E-state index in [1.807, 2.05) is 0 Å². The molecule has 5 atom stereocenters. The van der Waals surface area contributed by atoms with Gasteiger partial charge in [-0.1, -0.05) is 109 Å². The molecule has 1 saturated carbocycles. The lowest BCUT2D eigenvalue weighted by Crippen LogP contribution is -2.59. The monoisotopic (exact) mass is 787 g/mol. The van der Waals surface area contributed by atoms with E-state index in [0.29, 0.717) is 32.3 Å². The van der Waals surface area contributed by atoms with Crippen molar-refractivity contribution >= 4 is 78.4 Å². The van der Waals surface area contributed by atoms with E-state index >= 15 is 0 Å². The summed E-state index contributed by atoms with van der Waals surface area (Å²) in [6.45, 7) is 1.63. The van der Waals surface area contributed by atoms with Gasteiger partial charge < -0.3 is 9.84 Å². The molecular weight excluding hydrogens is 765 g/mol. The van der Waals surface area contributed by atoms with Gasteiger partial charge in [0.05, 0.1) is 18.6 Å². The minimum atomic E-state index is -2.02. The first-order valence-electron chi connectivity index (χ1n) is 14.0. The van der Waals surface area contributed by atoms with Crippen LogP contribution in [0.5, 0.6) is 0 Å². The van der Waals surface area contributed by atoms with Crippen molar-refractivity contribution in [3.05, 3.63) is 137 Å². The molecule has 1 aliphatic rings. The summed E-state index contributed by atoms with van der Waals surface area (Å²) in [5, 5.41) is 25.3. The van der Waals surface area contributed by atoms with Crippen molar-refractivity contribution in [3.8, 4) is 6.07 Å². The molecule has 0 bridgehead atoms. The fourth-order valence-corrected chi connectivity index (χ4v) is 7.72. The van der Waals surface area contributed by atoms with Crippen molar-refractivity contribution in [3.63, 3.8) is 0 Å². The maximum Gasteiger partial charge on any atom is 0.327 e. The number of esters is 1. The van der Waals surface area contributed by atoms with Gasteiger partial charge in [0.25, 0.3) is 0 Å². The first kappa shape index (κ1) is 33.7. The predicted octanol–water partition coefficient (Wildman–Crippen LogP) is 9.90. The van der Waals surface area contributed by atoms with Gasteiger partial charge in [-0.25, -0.2) is 0 Å². The number of ketones is 1. The number of carbonyl (C=O) groups is 2. The van der Waals surface area contributed by atoms with Crippen molar-refractivity contribution < 1.29 is 19.4 Å². The van der Waals surface area contributed by atoms with Crippen LogP contribution in [0.2, 0.25) is 15.1 Å². The highest BCUT2D eigenvalue weighted by molar-refractivity contribution is 9.10. The summed E-state index contributed by atoms with van der Waals surface area (Å²) >= 11 is 26.2. The van der Waals surface area contributed by atoms with Gasteiger partial charge in [0, 0.05) is 41.4 Å². The predicted molar refractivity (Wildman–Crippen MR) is 183 cm³/mol. The number of benzene rings is 4. The average Bonchev–Trinajstić information content (AvgIpc) is 3.01. The Balaban J connectivity index is 1.91. The van der Waals surface area contributed by atoms with Crippen LogP contribution < -0.4 is 0 Å². The lowest BCUT2D eigenvalue weighted by atomic mass is 9.47. The third-order valence-corrected chi connectivity index (χ3v) is 10.4. The van der Waals surface area contributed by atoms with Crippen molar-refractivity contribution in [1.82, 2.24) is 0 Å². The van der Waals surface area contributed by atoms with Gasteiger partial charge in [0.15, 0.2) is 11.2 Å². The Morgan fingerprint density at radius 1 is 0.911 bits per heavy atom. The molecular formula is C35H26Br2Cl3NO4. The third kappa shape index (κ3) is 6.22. The number of nitrogens with zero attached hydrogens (tertiary/aromatic N) is 1. The summed E-state index contributed by atoms with van der Waals surface area (Å²) in [4.78, 5) is 29.2. The Kier molecular flexibility index (Phi) is 10.2. The van der Waals surface area contributed by atoms with Crippen LogP contribution in [0.1, 0.15) is 52.2 Å². The molecule has 0 aromatic heterocycles. The minimum absolute atomic E-state index is 0.0149. The van der Waals surface area contributed by atoms with Gasteiger partial charge in [-0.05, 0) is 78.6 Å². The molecule has 0 saturated heterocycles. The van der Waals surface area contributed by atoms with Crippen molar-refractivity contribution in [2.24, 2.45) is 11.3 Å². The lowest BCUT2D eigenvalue weighted by molar-refractivity contribution is -0.164. The van der Waals surface area contributed by atoms with E-state index < -0.39 is 40.5 Å². The Morgan fingerprint density at radius 3 is 2.04 bits per heavy atom. The molecule has 0 aliphatic heterocycles.